The summed E-state index contributed by atoms with van der Waals surface area (Å²) in [5, 5.41) is 9.16. The van der Waals surface area contributed by atoms with Gasteiger partial charge in [-0.15, -0.1) is 0 Å². The van der Waals surface area contributed by atoms with Crippen LogP contribution < -0.4 is 30.3 Å². The quantitative estimate of drug-likeness (QED) is 0.185. The summed E-state index contributed by atoms with van der Waals surface area (Å²) in [6.07, 6.45) is 1.34. The van der Waals surface area contributed by atoms with E-state index in [2.05, 4.69) is 21.2 Å². The number of nitrogens with zero attached hydrogens (tertiary/aromatic N) is 1. The lowest BCUT2D eigenvalue weighted by molar-refractivity contribution is -0.139. The molecule has 0 bridgehead atoms. The first-order chi connectivity index (χ1) is 18.2. The number of urea groups is 1. The van der Waals surface area contributed by atoms with Crippen molar-refractivity contribution in [1.29, 1.82) is 0 Å². The maximum atomic E-state index is 12.5. The number of benzene rings is 2. The van der Waals surface area contributed by atoms with E-state index in [1.54, 1.807) is 56.3 Å². The van der Waals surface area contributed by atoms with Crippen molar-refractivity contribution in [3.63, 3.8) is 0 Å². The minimum Gasteiger partial charge on any atom is -0.493 e. The summed E-state index contributed by atoms with van der Waals surface area (Å²) in [5.74, 6) is -0.744. The van der Waals surface area contributed by atoms with Gasteiger partial charge in [0.2, 0.25) is 0 Å². The van der Waals surface area contributed by atoms with E-state index in [4.69, 9.17) is 18.9 Å². The van der Waals surface area contributed by atoms with Gasteiger partial charge in [-0.3, -0.25) is 9.59 Å². The highest BCUT2D eigenvalue weighted by Gasteiger charge is 2.32. The summed E-state index contributed by atoms with van der Waals surface area (Å²) < 4.78 is 21.2. The van der Waals surface area contributed by atoms with Gasteiger partial charge in [0.25, 0.3) is 5.91 Å². The molecule has 3 rings (SSSR count). The first-order valence-corrected chi connectivity index (χ1v) is 11.6. The highest BCUT2D eigenvalue weighted by molar-refractivity contribution is 5.95. The van der Waals surface area contributed by atoms with Crippen LogP contribution >= 0.6 is 0 Å². The van der Waals surface area contributed by atoms with Crippen molar-refractivity contribution in [3.8, 4) is 17.2 Å². The predicted molar refractivity (Wildman–Crippen MR) is 136 cm³/mol. The van der Waals surface area contributed by atoms with Crippen LogP contribution in [-0.2, 0) is 19.1 Å². The van der Waals surface area contributed by atoms with E-state index in [-0.39, 0.29) is 30.3 Å². The Balaban J connectivity index is 1.68. The standard InChI is InChI=1S/C26H28N4O8/c1-5-36-25(33)23-15(2)28-26(34)29-24(23)17-10-11-20(21(12-17)35-4)37-14-22(32)30-27-13-18-8-6-7-9-19(18)38-16(3)31/h6-13,24H,5,14H2,1-4H3,(H,30,32)(H2,28,29,34)/b27-13+/t24-/m0/s1. The molecule has 0 saturated heterocycles. The molecule has 1 atom stereocenters. The van der Waals surface area contributed by atoms with Gasteiger partial charge in [0.15, 0.2) is 18.1 Å². The molecule has 0 fully saturated rings. The van der Waals surface area contributed by atoms with Crippen LogP contribution in [0, 0.1) is 0 Å². The molecule has 12 nitrogen and oxygen atoms in total. The fraction of sp³-hybridized carbons (Fsp3) is 0.269. The van der Waals surface area contributed by atoms with Gasteiger partial charge in [-0.1, -0.05) is 18.2 Å². The van der Waals surface area contributed by atoms with E-state index in [9.17, 15) is 19.2 Å². The molecular weight excluding hydrogens is 496 g/mol. The second-order valence-electron chi connectivity index (χ2n) is 7.91. The fourth-order valence-corrected chi connectivity index (χ4v) is 3.59. The fourth-order valence-electron chi connectivity index (χ4n) is 3.59. The zero-order valence-corrected chi connectivity index (χ0v) is 21.3. The Kier molecular flexibility index (Phi) is 9.41. The van der Waals surface area contributed by atoms with Gasteiger partial charge in [-0.05, 0) is 43.7 Å². The summed E-state index contributed by atoms with van der Waals surface area (Å²) >= 11 is 0. The first-order valence-electron chi connectivity index (χ1n) is 11.6. The van der Waals surface area contributed by atoms with E-state index in [0.29, 0.717) is 22.6 Å². The lowest BCUT2D eigenvalue weighted by Crippen LogP contribution is -2.45. The number of allylic oxidation sites excluding steroid dienone is 1. The van der Waals surface area contributed by atoms with Gasteiger partial charge in [-0.2, -0.15) is 5.10 Å². The maximum absolute atomic E-state index is 12.5. The average molecular weight is 525 g/mol. The third kappa shape index (κ3) is 7.09. The van der Waals surface area contributed by atoms with E-state index in [0.717, 1.165) is 0 Å². The minimum absolute atomic E-state index is 0.178. The molecule has 0 unspecified atom stereocenters. The average Bonchev–Trinajstić information content (AvgIpc) is 2.87. The van der Waals surface area contributed by atoms with Crippen molar-refractivity contribution in [2.24, 2.45) is 5.10 Å². The predicted octanol–water partition coefficient (Wildman–Crippen LogP) is 2.34. The lowest BCUT2D eigenvalue weighted by atomic mass is 9.95. The zero-order chi connectivity index (χ0) is 27.7. The number of amides is 3. The summed E-state index contributed by atoms with van der Waals surface area (Å²) in [6, 6.07) is 10.3. The van der Waals surface area contributed by atoms with Crippen LogP contribution in [0.4, 0.5) is 4.79 Å². The van der Waals surface area contributed by atoms with Crippen molar-refractivity contribution in [2.45, 2.75) is 26.8 Å². The van der Waals surface area contributed by atoms with Crippen LogP contribution in [-0.4, -0.2) is 50.4 Å². The van der Waals surface area contributed by atoms with Crippen LogP contribution in [0.15, 0.2) is 58.8 Å². The molecule has 2 aromatic rings. The molecule has 200 valence electrons. The van der Waals surface area contributed by atoms with Crippen LogP contribution in [0.2, 0.25) is 0 Å². The molecule has 1 aliphatic rings. The number of carbonyl (C=O) groups excluding carboxylic acids is 4. The van der Waals surface area contributed by atoms with Gasteiger partial charge < -0.3 is 29.6 Å². The number of ether oxygens (including phenoxy) is 4. The topological polar surface area (TPSA) is 154 Å². The summed E-state index contributed by atoms with van der Waals surface area (Å²) in [5.41, 5.74) is 4.02. The van der Waals surface area contributed by atoms with E-state index >= 15 is 0 Å². The largest absolute Gasteiger partial charge is 0.493 e. The number of hydrazone groups is 1. The van der Waals surface area contributed by atoms with Crippen LogP contribution in [0.5, 0.6) is 17.2 Å². The molecule has 3 amide bonds. The Labute approximate surface area is 219 Å². The lowest BCUT2D eigenvalue weighted by Gasteiger charge is -2.28. The summed E-state index contributed by atoms with van der Waals surface area (Å²) in [7, 11) is 1.42. The Morgan fingerprint density at radius 3 is 2.58 bits per heavy atom. The Hall–Kier alpha value is -4.87. The number of nitrogens with one attached hydrogen (secondary N) is 3. The van der Waals surface area contributed by atoms with Gasteiger partial charge in [0.05, 0.1) is 31.5 Å². The molecule has 12 heteroatoms. The van der Waals surface area contributed by atoms with Crippen molar-refractivity contribution < 1.29 is 38.1 Å². The zero-order valence-electron chi connectivity index (χ0n) is 21.3. The molecule has 0 spiro atoms. The van der Waals surface area contributed by atoms with Crippen LogP contribution in [0.25, 0.3) is 0 Å². The van der Waals surface area contributed by atoms with Gasteiger partial charge in [-0.25, -0.2) is 15.0 Å². The van der Waals surface area contributed by atoms with Crippen molar-refractivity contribution in [2.75, 3.05) is 20.3 Å². The monoisotopic (exact) mass is 524 g/mol. The Bertz CT molecular complexity index is 1290. The smallest absolute Gasteiger partial charge is 0.338 e. The third-order valence-electron chi connectivity index (χ3n) is 5.21. The van der Waals surface area contributed by atoms with Crippen molar-refractivity contribution >= 4 is 30.1 Å². The van der Waals surface area contributed by atoms with Gasteiger partial charge in [0.1, 0.15) is 5.75 Å². The second-order valence-corrected chi connectivity index (χ2v) is 7.91. The normalized spacial score (nSPS) is 14.8. The number of hydrogen-bond acceptors (Lipinski definition) is 9. The van der Waals surface area contributed by atoms with Crippen molar-refractivity contribution in [1.82, 2.24) is 16.1 Å². The Morgan fingerprint density at radius 2 is 1.87 bits per heavy atom. The summed E-state index contributed by atoms with van der Waals surface area (Å²) in [4.78, 5) is 48.1. The minimum atomic E-state index is -0.779. The maximum Gasteiger partial charge on any atom is 0.338 e. The molecule has 3 N–H and O–H groups in total. The van der Waals surface area contributed by atoms with E-state index in [1.807, 2.05) is 0 Å². The van der Waals surface area contributed by atoms with Crippen molar-refractivity contribution in [3.05, 3.63) is 64.9 Å². The SMILES string of the molecule is CCOC(=O)C1=C(C)NC(=O)N[C@H]1c1ccc(OCC(=O)N/N=C/c2ccccc2OC(C)=O)c(OC)c1. The molecule has 0 aliphatic carbocycles. The van der Waals surface area contributed by atoms with Crippen LogP contribution in [0.1, 0.15) is 37.9 Å². The number of hydrogen-bond donors (Lipinski definition) is 3. The molecule has 0 saturated carbocycles. The van der Waals surface area contributed by atoms with Gasteiger partial charge >= 0.3 is 18.0 Å². The number of methoxy groups -OCH3 is 1. The second kappa shape index (κ2) is 12.9. The first kappa shape index (κ1) is 27.7. The third-order valence-corrected chi connectivity index (χ3v) is 5.21. The highest BCUT2D eigenvalue weighted by Crippen LogP contribution is 2.34. The Morgan fingerprint density at radius 1 is 1.11 bits per heavy atom. The molecular formula is C26H28N4O8. The number of esters is 2. The molecule has 0 radical (unpaired) electrons. The van der Waals surface area contributed by atoms with Gasteiger partial charge in [0, 0.05) is 18.2 Å². The van der Waals surface area contributed by atoms with E-state index < -0.39 is 29.9 Å². The molecule has 2 aromatic carbocycles. The number of rotatable bonds is 10. The number of para-hydroxylation sites is 1. The molecule has 1 aliphatic heterocycles. The van der Waals surface area contributed by atoms with Crippen LogP contribution in [0.3, 0.4) is 0 Å². The number of carbonyl (C=O) groups is 4. The molecule has 1 heterocycles. The summed E-state index contributed by atoms with van der Waals surface area (Å²) in [6.45, 7) is 4.39. The highest BCUT2D eigenvalue weighted by atomic mass is 16.5. The van der Waals surface area contributed by atoms with E-state index in [1.165, 1.54) is 20.2 Å². The molecule has 0 aromatic heterocycles. The molecule has 38 heavy (non-hydrogen) atoms.